The predicted molar refractivity (Wildman–Crippen MR) is 69.2 cm³/mol. The Hall–Kier alpha value is -1.57. The summed E-state index contributed by atoms with van der Waals surface area (Å²) < 4.78 is 5.51. The minimum absolute atomic E-state index is 0.223. The molecule has 2 nitrogen and oxygen atoms in total. The van der Waals surface area contributed by atoms with Crippen molar-refractivity contribution in [2.75, 3.05) is 0 Å². The number of furan rings is 1. The fraction of sp³-hybridized carbons (Fsp3) is 0.400. The van der Waals surface area contributed by atoms with Crippen LogP contribution in [0.4, 0.5) is 0 Å². The number of fused-ring (bicyclic) bond motifs is 1. The second-order valence-corrected chi connectivity index (χ2v) is 5.28. The number of nitrogens with zero attached hydrogens (tertiary/aromatic N) is 1. The molecule has 0 N–H and O–H groups in total. The number of aliphatic imine (C=N–C) groups is 1. The van der Waals surface area contributed by atoms with Gasteiger partial charge in [0.15, 0.2) is 0 Å². The third kappa shape index (κ3) is 1.68. The van der Waals surface area contributed by atoms with Crippen molar-refractivity contribution in [3.05, 3.63) is 46.6 Å². The smallest absolute Gasteiger partial charge is 0.145 e. The van der Waals surface area contributed by atoms with Crippen LogP contribution in [0.1, 0.15) is 38.2 Å². The van der Waals surface area contributed by atoms with Crippen LogP contribution < -0.4 is 0 Å². The van der Waals surface area contributed by atoms with Gasteiger partial charge in [-0.3, -0.25) is 4.99 Å². The van der Waals surface area contributed by atoms with E-state index >= 15 is 0 Å². The molecule has 2 aliphatic rings. The third-order valence-electron chi connectivity index (χ3n) is 3.79. The van der Waals surface area contributed by atoms with E-state index in [-0.39, 0.29) is 5.41 Å². The molecule has 2 heteroatoms. The first-order valence-electron chi connectivity index (χ1n) is 6.10. The van der Waals surface area contributed by atoms with Crippen LogP contribution in [0.5, 0.6) is 0 Å². The van der Waals surface area contributed by atoms with Crippen LogP contribution in [0.3, 0.4) is 0 Å². The van der Waals surface area contributed by atoms with E-state index in [1.54, 1.807) is 5.57 Å². The molecule has 2 aliphatic carbocycles. The van der Waals surface area contributed by atoms with Crippen LogP contribution in [0.15, 0.2) is 44.5 Å². The van der Waals surface area contributed by atoms with E-state index in [0.29, 0.717) is 0 Å². The molecule has 88 valence electrons. The first-order chi connectivity index (χ1) is 8.09. The Morgan fingerprint density at radius 2 is 2.18 bits per heavy atom. The van der Waals surface area contributed by atoms with Crippen LogP contribution in [0.2, 0.25) is 0 Å². The molecular formula is C15H17NO. The molecule has 0 bridgehead atoms. The normalized spacial score (nSPS) is 27.4. The summed E-state index contributed by atoms with van der Waals surface area (Å²) in [4.78, 5) is 4.66. The first kappa shape index (κ1) is 10.6. The summed E-state index contributed by atoms with van der Waals surface area (Å²) in [6, 6.07) is 3.93. The van der Waals surface area contributed by atoms with Gasteiger partial charge in [-0.25, -0.2) is 0 Å². The highest BCUT2D eigenvalue weighted by atomic mass is 16.3. The Morgan fingerprint density at radius 1 is 1.35 bits per heavy atom. The van der Waals surface area contributed by atoms with Gasteiger partial charge in [-0.1, -0.05) is 11.6 Å². The lowest BCUT2D eigenvalue weighted by Crippen LogP contribution is -2.04. The number of hydrogen-bond acceptors (Lipinski definition) is 2. The number of aryl methyl sites for hydroxylation is 1. The molecule has 17 heavy (non-hydrogen) atoms. The molecule has 1 aromatic rings. The number of allylic oxidation sites excluding steroid dienone is 3. The van der Waals surface area contributed by atoms with Gasteiger partial charge in [-0.05, 0) is 51.3 Å². The van der Waals surface area contributed by atoms with Gasteiger partial charge in [0.1, 0.15) is 11.5 Å². The van der Waals surface area contributed by atoms with Crippen molar-refractivity contribution in [3.63, 3.8) is 0 Å². The monoisotopic (exact) mass is 227 g/mol. The molecule has 0 amide bonds. The summed E-state index contributed by atoms with van der Waals surface area (Å²) in [6.45, 7) is 6.41. The maximum atomic E-state index is 5.51. The molecule has 1 fully saturated rings. The summed E-state index contributed by atoms with van der Waals surface area (Å²) in [5.41, 5.74) is 4.39. The van der Waals surface area contributed by atoms with Gasteiger partial charge in [0.25, 0.3) is 0 Å². The number of rotatable bonds is 2. The van der Waals surface area contributed by atoms with Crippen molar-refractivity contribution in [1.82, 2.24) is 0 Å². The molecule has 0 saturated heterocycles. The number of hydrogen-bond donors (Lipinski definition) is 0. The van der Waals surface area contributed by atoms with Crippen LogP contribution in [0.25, 0.3) is 0 Å². The molecule has 1 unspecified atom stereocenters. The molecule has 0 spiro atoms. The van der Waals surface area contributed by atoms with E-state index in [9.17, 15) is 0 Å². The summed E-state index contributed by atoms with van der Waals surface area (Å²) in [7, 11) is 0. The Kier molecular flexibility index (Phi) is 2.15. The van der Waals surface area contributed by atoms with Crippen molar-refractivity contribution < 1.29 is 4.42 Å². The van der Waals surface area contributed by atoms with Crippen LogP contribution in [-0.2, 0) is 0 Å². The highest BCUT2D eigenvalue weighted by molar-refractivity contribution is 5.77. The molecule has 0 radical (unpaired) electrons. The average Bonchev–Trinajstić information content (AvgIpc) is 2.78. The zero-order valence-electron chi connectivity index (χ0n) is 10.6. The molecular weight excluding hydrogens is 210 g/mol. The zero-order chi connectivity index (χ0) is 12.0. The van der Waals surface area contributed by atoms with Crippen LogP contribution in [-0.4, -0.2) is 6.21 Å². The Labute approximate surface area is 102 Å². The molecule has 0 aromatic carbocycles. The van der Waals surface area contributed by atoms with Crippen molar-refractivity contribution in [1.29, 1.82) is 0 Å². The summed E-state index contributed by atoms with van der Waals surface area (Å²) in [5, 5.41) is 0. The zero-order valence-corrected chi connectivity index (χ0v) is 10.6. The SMILES string of the molecule is CC1=C(N=Cc2ccc(C)o2)C2(C)CC2=CC1. The van der Waals surface area contributed by atoms with Gasteiger partial charge in [0, 0.05) is 11.1 Å². The highest BCUT2D eigenvalue weighted by Crippen LogP contribution is 2.60. The lowest BCUT2D eigenvalue weighted by molar-refractivity contribution is 0.527. The van der Waals surface area contributed by atoms with E-state index < -0.39 is 0 Å². The second kappa shape index (κ2) is 3.46. The fourth-order valence-corrected chi connectivity index (χ4v) is 2.62. The van der Waals surface area contributed by atoms with Crippen molar-refractivity contribution in [3.8, 4) is 0 Å². The second-order valence-electron chi connectivity index (χ2n) is 5.28. The largest absolute Gasteiger partial charge is 0.460 e. The van der Waals surface area contributed by atoms with Gasteiger partial charge in [-0.15, -0.1) is 0 Å². The van der Waals surface area contributed by atoms with Crippen molar-refractivity contribution in [2.45, 2.75) is 33.6 Å². The summed E-state index contributed by atoms with van der Waals surface area (Å²) >= 11 is 0. The lowest BCUT2D eigenvalue weighted by Gasteiger charge is -2.16. The molecule has 1 atom stereocenters. The van der Waals surface area contributed by atoms with Crippen molar-refractivity contribution >= 4 is 6.21 Å². The highest BCUT2D eigenvalue weighted by Gasteiger charge is 2.49. The fourth-order valence-electron chi connectivity index (χ4n) is 2.62. The summed E-state index contributed by atoms with van der Waals surface area (Å²) in [5.74, 6) is 1.77. The maximum absolute atomic E-state index is 5.51. The minimum atomic E-state index is 0.223. The van der Waals surface area contributed by atoms with Crippen LogP contribution in [0, 0.1) is 12.3 Å². The molecule has 0 aliphatic heterocycles. The Morgan fingerprint density at radius 3 is 2.88 bits per heavy atom. The lowest BCUT2D eigenvalue weighted by atomic mass is 9.94. The average molecular weight is 227 g/mol. The van der Waals surface area contributed by atoms with E-state index in [1.807, 2.05) is 25.3 Å². The molecule has 1 heterocycles. The van der Waals surface area contributed by atoms with E-state index in [2.05, 4.69) is 24.9 Å². The standard InChI is InChI=1S/C15H17NO/c1-10-4-6-12-8-15(12,3)14(10)16-9-13-7-5-11(2)17-13/h5-7,9H,4,8H2,1-3H3. The van der Waals surface area contributed by atoms with E-state index in [4.69, 9.17) is 4.42 Å². The topological polar surface area (TPSA) is 25.5 Å². The Balaban J connectivity index is 1.88. The van der Waals surface area contributed by atoms with Crippen molar-refractivity contribution in [2.24, 2.45) is 10.4 Å². The van der Waals surface area contributed by atoms with E-state index in [1.165, 1.54) is 17.7 Å². The van der Waals surface area contributed by atoms with Gasteiger partial charge in [0.05, 0.1) is 6.21 Å². The van der Waals surface area contributed by atoms with Gasteiger partial charge >= 0.3 is 0 Å². The molecule has 1 aromatic heterocycles. The van der Waals surface area contributed by atoms with Gasteiger partial charge < -0.3 is 4.42 Å². The maximum Gasteiger partial charge on any atom is 0.145 e. The van der Waals surface area contributed by atoms with Gasteiger partial charge in [-0.2, -0.15) is 0 Å². The van der Waals surface area contributed by atoms with Gasteiger partial charge in [0.2, 0.25) is 0 Å². The summed E-state index contributed by atoms with van der Waals surface area (Å²) in [6.07, 6.45) is 6.42. The predicted octanol–water partition coefficient (Wildman–Crippen LogP) is 4.02. The van der Waals surface area contributed by atoms with Crippen LogP contribution >= 0.6 is 0 Å². The third-order valence-corrected chi connectivity index (χ3v) is 3.79. The molecule has 1 saturated carbocycles. The molecule has 3 rings (SSSR count). The van der Waals surface area contributed by atoms with E-state index in [0.717, 1.165) is 17.9 Å². The minimum Gasteiger partial charge on any atom is -0.460 e. The quantitative estimate of drug-likeness (QED) is 0.553. The Bertz CT molecular complexity index is 559. The first-order valence-corrected chi connectivity index (χ1v) is 6.10.